The van der Waals surface area contributed by atoms with Crippen LogP contribution in [0.15, 0.2) is 70.5 Å². The third-order valence-corrected chi connectivity index (χ3v) is 10.6. The molecule has 3 aromatic carbocycles. The Morgan fingerprint density at radius 1 is 0.833 bits per heavy atom. The fourth-order valence-electron chi connectivity index (χ4n) is 5.23. The van der Waals surface area contributed by atoms with E-state index in [0.29, 0.717) is 35.5 Å². The maximum absolute atomic E-state index is 12.8. The second kappa shape index (κ2) is 19.3. The van der Waals surface area contributed by atoms with Crippen molar-refractivity contribution in [2.24, 2.45) is 11.8 Å². The zero-order chi connectivity index (χ0) is 35.2. The van der Waals surface area contributed by atoms with E-state index in [-0.39, 0.29) is 47.3 Å². The van der Waals surface area contributed by atoms with Gasteiger partial charge in [0.2, 0.25) is 0 Å². The summed E-state index contributed by atoms with van der Waals surface area (Å²) < 4.78 is 15.7. The van der Waals surface area contributed by atoms with Gasteiger partial charge in [-0.1, -0.05) is 51.5 Å². The number of carbonyl (C=O) groups excluding carboxylic acids is 4. The Kier molecular flexibility index (Phi) is 15.5. The molecule has 0 radical (unpaired) electrons. The molecule has 258 valence electrons. The number of ether oxygens (including phenoxy) is 3. The lowest BCUT2D eigenvalue weighted by atomic mass is 9.96. The first-order valence-corrected chi connectivity index (χ1v) is 18.0. The normalized spacial score (nSPS) is 12.9. The SMILES string of the molecule is CCCc1c(OCCCSc2ccc(C(Sc3ccc(C(=O)C(C)CC(=O)OC)cc3)C(C)CC(=O)OC)cc2)ccc(C(C)=O)c1O. The molecule has 0 aliphatic rings. The number of thioether (sulfide) groups is 2. The summed E-state index contributed by atoms with van der Waals surface area (Å²) in [7, 11) is 2.70. The molecule has 0 fully saturated rings. The minimum atomic E-state index is -0.480. The number of hydrogen-bond acceptors (Lipinski definition) is 10. The molecule has 0 saturated carbocycles. The lowest BCUT2D eigenvalue weighted by Crippen LogP contribution is -2.16. The molecule has 10 heteroatoms. The molecule has 0 aliphatic carbocycles. The van der Waals surface area contributed by atoms with Gasteiger partial charge in [0.25, 0.3) is 0 Å². The van der Waals surface area contributed by atoms with E-state index in [0.717, 1.165) is 33.9 Å². The summed E-state index contributed by atoms with van der Waals surface area (Å²) in [5.41, 5.74) is 2.61. The number of ketones is 2. The molecule has 3 atom stereocenters. The second-order valence-electron chi connectivity index (χ2n) is 11.7. The topological polar surface area (TPSA) is 116 Å². The van der Waals surface area contributed by atoms with Crippen molar-refractivity contribution in [3.05, 3.63) is 82.9 Å². The van der Waals surface area contributed by atoms with Gasteiger partial charge in [-0.05, 0) is 67.6 Å². The maximum Gasteiger partial charge on any atom is 0.306 e. The highest BCUT2D eigenvalue weighted by molar-refractivity contribution is 7.99. The fraction of sp³-hybridized carbons (Fsp3) is 0.421. The van der Waals surface area contributed by atoms with Crippen LogP contribution in [0, 0.1) is 11.8 Å². The number of aromatic hydroxyl groups is 1. The number of esters is 2. The van der Waals surface area contributed by atoms with Gasteiger partial charge in [0.05, 0.1) is 32.8 Å². The lowest BCUT2D eigenvalue weighted by molar-refractivity contribution is -0.142. The highest BCUT2D eigenvalue weighted by Crippen LogP contribution is 2.43. The Morgan fingerprint density at radius 3 is 2.06 bits per heavy atom. The predicted octanol–water partition coefficient (Wildman–Crippen LogP) is 8.52. The van der Waals surface area contributed by atoms with Gasteiger partial charge in [0.1, 0.15) is 11.5 Å². The minimum Gasteiger partial charge on any atom is -0.507 e. The zero-order valence-electron chi connectivity index (χ0n) is 28.6. The number of rotatable bonds is 19. The van der Waals surface area contributed by atoms with Crippen LogP contribution in [0.4, 0.5) is 0 Å². The lowest BCUT2D eigenvalue weighted by Gasteiger charge is -2.24. The van der Waals surface area contributed by atoms with Crippen LogP contribution < -0.4 is 4.74 Å². The van der Waals surface area contributed by atoms with E-state index < -0.39 is 11.9 Å². The molecule has 3 unspecified atom stereocenters. The van der Waals surface area contributed by atoms with E-state index in [1.165, 1.54) is 21.1 Å². The molecule has 0 spiro atoms. The molecular weight excluding hydrogens is 649 g/mol. The van der Waals surface area contributed by atoms with Crippen molar-refractivity contribution in [2.45, 2.75) is 74.8 Å². The van der Waals surface area contributed by atoms with Crippen LogP contribution in [0.25, 0.3) is 0 Å². The van der Waals surface area contributed by atoms with Crippen molar-refractivity contribution in [3.63, 3.8) is 0 Å². The summed E-state index contributed by atoms with van der Waals surface area (Å²) >= 11 is 3.35. The quantitative estimate of drug-likeness (QED) is 0.0567. The second-order valence-corrected chi connectivity index (χ2v) is 14.1. The third kappa shape index (κ3) is 11.2. The van der Waals surface area contributed by atoms with Gasteiger partial charge in [-0.15, -0.1) is 23.5 Å². The van der Waals surface area contributed by atoms with Crippen LogP contribution in [-0.4, -0.2) is 55.2 Å². The van der Waals surface area contributed by atoms with Gasteiger partial charge < -0.3 is 19.3 Å². The average Bonchev–Trinajstić information content (AvgIpc) is 3.08. The van der Waals surface area contributed by atoms with Crippen molar-refractivity contribution in [2.75, 3.05) is 26.6 Å². The molecule has 0 amide bonds. The molecule has 0 aromatic heterocycles. The molecule has 3 aromatic rings. The number of methoxy groups -OCH3 is 2. The summed E-state index contributed by atoms with van der Waals surface area (Å²) in [6, 6.07) is 19.1. The average molecular weight is 695 g/mol. The fourth-order valence-corrected chi connectivity index (χ4v) is 7.27. The minimum absolute atomic E-state index is 0.0166. The Hall–Kier alpha value is -3.76. The van der Waals surface area contributed by atoms with Crippen molar-refractivity contribution in [3.8, 4) is 11.5 Å². The highest BCUT2D eigenvalue weighted by Gasteiger charge is 2.25. The number of benzene rings is 3. The number of Topliss-reactive ketones (excluding diaryl/α,β-unsaturated/α-hetero) is 2. The van der Waals surface area contributed by atoms with Gasteiger partial charge in [0.15, 0.2) is 11.6 Å². The largest absolute Gasteiger partial charge is 0.507 e. The van der Waals surface area contributed by atoms with Gasteiger partial charge in [0, 0.05) is 44.3 Å². The van der Waals surface area contributed by atoms with Gasteiger partial charge in [-0.3, -0.25) is 19.2 Å². The van der Waals surface area contributed by atoms with E-state index in [2.05, 4.69) is 24.3 Å². The smallest absolute Gasteiger partial charge is 0.306 e. The van der Waals surface area contributed by atoms with E-state index >= 15 is 0 Å². The number of phenols is 1. The predicted molar refractivity (Wildman–Crippen MR) is 190 cm³/mol. The van der Waals surface area contributed by atoms with Crippen molar-refractivity contribution < 1.29 is 38.5 Å². The van der Waals surface area contributed by atoms with Gasteiger partial charge >= 0.3 is 11.9 Å². The van der Waals surface area contributed by atoms with Crippen LogP contribution in [0.5, 0.6) is 11.5 Å². The summed E-state index contributed by atoms with van der Waals surface area (Å²) in [6.45, 7) is 7.70. The Bertz CT molecular complexity index is 1540. The molecule has 0 heterocycles. The van der Waals surface area contributed by atoms with E-state index in [1.807, 2.05) is 26.0 Å². The Labute approximate surface area is 292 Å². The van der Waals surface area contributed by atoms with Crippen LogP contribution >= 0.6 is 23.5 Å². The molecule has 0 aliphatic heterocycles. The summed E-state index contributed by atoms with van der Waals surface area (Å²) in [4.78, 5) is 50.5. The standard InChI is InChI=1S/C38H46O8S2/c1-7-9-32-33(19-18-31(26(4)39)37(32)43)46-20-8-21-47-29-14-12-28(13-15-29)38(25(3)23-35(41)45-6)48-30-16-10-27(11-17-30)36(42)24(2)22-34(40)44-5/h10-19,24-25,38,43H,7-9,20-23H2,1-6H3. The van der Waals surface area contributed by atoms with Crippen molar-refractivity contribution in [1.29, 1.82) is 0 Å². The van der Waals surface area contributed by atoms with Crippen LogP contribution in [0.3, 0.4) is 0 Å². The number of carbonyl (C=O) groups is 4. The van der Waals surface area contributed by atoms with Crippen molar-refractivity contribution in [1.82, 2.24) is 0 Å². The molecular formula is C38H46O8S2. The highest BCUT2D eigenvalue weighted by atomic mass is 32.2. The summed E-state index contributed by atoms with van der Waals surface area (Å²) in [5.74, 6) is -0.0107. The summed E-state index contributed by atoms with van der Waals surface area (Å²) in [6.07, 6.45) is 2.54. The molecule has 0 bridgehead atoms. The van der Waals surface area contributed by atoms with Crippen LogP contribution in [-0.2, 0) is 25.5 Å². The molecule has 1 N–H and O–H groups in total. The number of phenolic OH excluding ortho intramolecular Hbond substituents is 1. The zero-order valence-corrected chi connectivity index (χ0v) is 30.2. The van der Waals surface area contributed by atoms with E-state index in [4.69, 9.17) is 14.2 Å². The molecule has 48 heavy (non-hydrogen) atoms. The first-order chi connectivity index (χ1) is 23.0. The molecule has 8 nitrogen and oxygen atoms in total. The van der Waals surface area contributed by atoms with Gasteiger partial charge in [-0.2, -0.15) is 0 Å². The first-order valence-electron chi connectivity index (χ1n) is 16.1. The van der Waals surface area contributed by atoms with Crippen LogP contribution in [0.2, 0.25) is 0 Å². The third-order valence-electron chi connectivity index (χ3n) is 7.93. The molecule has 3 rings (SSSR count). The maximum atomic E-state index is 12.8. The Balaban J connectivity index is 1.63. The monoisotopic (exact) mass is 694 g/mol. The van der Waals surface area contributed by atoms with Crippen LogP contribution in [0.1, 0.15) is 90.5 Å². The number of hydrogen-bond donors (Lipinski definition) is 1. The first kappa shape index (κ1) is 38.7. The molecule has 0 saturated heterocycles. The van der Waals surface area contributed by atoms with Gasteiger partial charge in [-0.25, -0.2) is 0 Å². The summed E-state index contributed by atoms with van der Waals surface area (Å²) in [5, 5.41) is 10.5. The van der Waals surface area contributed by atoms with Crippen molar-refractivity contribution >= 4 is 47.0 Å². The van der Waals surface area contributed by atoms with E-state index in [1.54, 1.807) is 54.7 Å². The Morgan fingerprint density at radius 2 is 1.46 bits per heavy atom. The van der Waals surface area contributed by atoms with E-state index in [9.17, 15) is 24.3 Å².